The standard InChI is InChI=1S/C12H17N3O4S2/c1-2-21(18,19)12-8-20-6-5-14(12)11-4-3-9(15(16)17)7-10(11)13/h3-4,7,12H,2,5-6,8,13H2,1H3. The summed E-state index contributed by atoms with van der Waals surface area (Å²) in [5.41, 5.74) is 6.56. The van der Waals surface area contributed by atoms with Crippen molar-refractivity contribution in [2.45, 2.75) is 12.3 Å². The monoisotopic (exact) mass is 331 g/mol. The van der Waals surface area contributed by atoms with Crippen LogP contribution >= 0.6 is 11.8 Å². The number of thioether (sulfide) groups is 1. The fraction of sp³-hybridized carbons (Fsp3) is 0.500. The van der Waals surface area contributed by atoms with Crippen LogP contribution in [0.4, 0.5) is 17.1 Å². The van der Waals surface area contributed by atoms with E-state index >= 15 is 0 Å². The number of nitrogen functional groups attached to an aromatic ring is 1. The first kappa shape index (κ1) is 15.9. The van der Waals surface area contributed by atoms with E-state index in [1.807, 2.05) is 0 Å². The number of benzene rings is 1. The van der Waals surface area contributed by atoms with Gasteiger partial charge >= 0.3 is 0 Å². The minimum absolute atomic E-state index is 0.0572. The van der Waals surface area contributed by atoms with E-state index in [2.05, 4.69) is 0 Å². The van der Waals surface area contributed by atoms with Crippen LogP contribution in [0.15, 0.2) is 18.2 Å². The topological polar surface area (TPSA) is 107 Å². The van der Waals surface area contributed by atoms with Crippen molar-refractivity contribution in [3.05, 3.63) is 28.3 Å². The maximum atomic E-state index is 12.2. The molecule has 0 radical (unpaired) electrons. The molecule has 2 rings (SSSR count). The average molecular weight is 331 g/mol. The van der Waals surface area contributed by atoms with Gasteiger partial charge in [0, 0.05) is 35.9 Å². The molecule has 1 aromatic rings. The molecule has 21 heavy (non-hydrogen) atoms. The molecule has 0 amide bonds. The number of non-ortho nitro benzene ring substituents is 1. The SMILES string of the molecule is CCS(=O)(=O)C1CSCCN1c1ccc([N+](=O)[O-])cc1N. The van der Waals surface area contributed by atoms with Crippen molar-refractivity contribution in [1.29, 1.82) is 0 Å². The first-order valence-corrected chi connectivity index (χ1v) is 9.33. The average Bonchev–Trinajstić information content (AvgIpc) is 2.47. The summed E-state index contributed by atoms with van der Waals surface area (Å²) < 4.78 is 24.4. The maximum absolute atomic E-state index is 12.2. The molecule has 2 N–H and O–H groups in total. The van der Waals surface area contributed by atoms with E-state index in [1.165, 1.54) is 18.2 Å². The van der Waals surface area contributed by atoms with E-state index < -0.39 is 20.1 Å². The van der Waals surface area contributed by atoms with Crippen molar-refractivity contribution in [3.63, 3.8) is 0 Å². The minimum atomic E-state index is -3.25. The lowest BCUT2D eigenvalue weighted by Gasteiger charge is -2.37. The van der Waals surface area contributed by atoms with Gasteiger partial charge in [0.2, 0.25) is 0 Å². The molecule has 1 atom stereocenters. The van der Waals surface area contributed by atoms with Gasteiger partial charge in [-0.2, -0.15) is 11.8 Å². The Labute approximate surface area is 127 Å². The lowest BCUT2D eigenvalue weighted by atomic mass is 10.2. The van der Waals surface area contributed by atoms with E-state index in [1.54, 1.807) is 23.6 Å². The van der Waals surface area contributed by atoms with Crippen molar-refractivity contribution in [3.8, 4) is 0 Å². The van der Waals surface area contributed by atoms with Gasteiger partial charge in [-0.1, -0.05) is 6.92 Å². The number of nitro groups is 1. The number of anilines is 2. The molecule has 1 fully saturated rings. The lowest BCUT2D eigenvalue weighted by Crippen LogP contribution is -2.48. The number of nitro benzene ring substituents is 1. The minimum Gasteiger partial charge on any atom is -0.397 e. The molecule has 0 spiro atoms. The number of sulfone groups is 1. The van der Waals surface area contributed by atoms with Gasteiger partial charge in [-0.3, -0.25) is 10.1 Å². The lowest BCUT2D eigenvalue weighted by molar-refractivity contribution is -0.384. The van der Waals surface area contributed by atoms with E-state index in [9.17, 15) is 18.5 Å². The van der Waals surface area contributed by atoms with Crippen LogP contribution in [0.5, 0.6) is 0 Å². The Kier molecular flexibility index (Phi) is 4.62. The van der Waals surface area contributed by atoms with Gasteiger partial charge in [-0.15, -0.1) is 0 Å². The summed E-state index contributed by atoms with van der Waals surface area (Å²) in [7, 11) is -3.25. The molecule has 0 saturated carbocycles. The van der Waals surface area contributed by atoms with Gasteiger partial charge in [0.15, 0.2) is 9.84 Å². The molecule has 1 aromatic carbocycles. The normalized spacial score (nSPS) is 19.5. The quantitative estimate of drug-likeness (QED) is 0.506. The Bertz CT molecular complexity index is 648. The summed E-state index contributed by atoms with van der Waals surface area (Å²) in [4.78, 5) is 12.0. The Hall–Kier alpha value is -1.48. The molecule has 1 unspecified atom stereocenters. The first-order chi connectivity index (χ1) is 9.86. The Morgan fingerprint density at radius 3 is 2.81 bits per heavy atom. The summed E-state index contributed by atoms with van der Waals surface area (Å²) in [6.45, 7) is 2.17. The number of nitrogens with zero attached hydrogens (tertiary/aromatic N) is 2. The molecule has 1 saturated heterocycles. The molecule has 9 heteroatoms. The fourth-order valence-electron chi connectivity index (χ4n) is 2.26. The van der Waals surface area contributed by atoms with Crippen molar-refractivity contribution < 1.29 is 13.3 Å². The maximum Gasteiger partial charge on any atom is 0.271 e. The summed E-state index contributed by atoms with van der Waals surface area (Å²) in [6.07, 6.45) is 0. The van der Waals surface area contributed by atoms with Gasteiger partial charge in [0.25, 0.3) is 5.69 Å². The second-order valence-electron chi connectivity index (χ2n) is 4.67. The molecule has 0 aromatic heterocycles. The third-order valence-corrected chi connectivity index (χ3v) is 6.72. The van der Waals surface area contributed by atoms with Crippen molar-refractivity contribution in [1.82, 2.24) is 0 Å². The second-order valence-corrected chi connectivity index (χ2v) is 8.27. The fourth-order valence-corrected chi connectivity index (χ4v) is 5.25. The predicted octanol–water partition coefficient (Wildman–Crippen LogP) is 1.49. The molecule has 0 bridgehead atoms. The van der Waals surface area contributed by atoms with Gasteiger partial charge < -0.3 is 10.6 Å². The zero-order valence-electron chi connectivity index (χ0n) is 11.6. The summed E-state index contributed by atoms with van der Waals surface area (Å²) in [5.74, 6) is 1.33. The molecule has 1 heterocycles. The number of hydrogen-bond donors (Lipinski definition) is 1. The van der Waals surface area contributed by atoms with Crippen LogP contribution in [-0.4, -0.2) is 42.5 Å². The van der Waals surface area contributed by atoms with E-state index in [4.69, 9.17) is 5.73 Å². The molecular weight excluding hydrogens is 314 g/mol. The van der Waals surface area contributed by atoms with Crippen LogP contribution < -0.4 is 10.6 Å². The smallest absolute Gasteiger partial charge is 0.271 e. The molecule has 1 aliphatic rings. The van der Waals surface area contributed by atoms with Crippen LogP contribution in [0.3, 0.4) is 0 Å². The van der Waals surface area contributed by atoms with Crippen LogP contribution in [0, 0.1) is 10.1 Å². The number of rotatable bonds is 4. The van der Waals surface area contributed by atoms with Gasteiger partial charge in [0.1, 0.15) is 5.37 Å². The highest BCUT2D eigenvalue weighted by Gasteiger charge is 2.34. The van der Waals surface area contributed by atoms with Gasteiger partial charge in [0.05, 0.1) is 16.3 Å². The Morgan fingerprint density at radius 2 is 2.24 bits per heavy atom. The summed E-state index contributed by atoms with van der Waals surface area (Å²) in [6, 6.07) is 4.15. The second kappa shape index (κ2) is 6.10. The summed E-state index contributed by atoms with van der Waals surface area (Å²) in [5, 5.41) is 10.1. The highest BCUT2D eigenvalue weighted by molar-refractivity contribution is 8.01. The highest BCUT2D eigenvalue weighted by atomic mass is 32.2. The van der Waals surface area contributed by atoms with Crippen molar-refractivity contribution >= 4 is 38.7 Å². The zero-order chi connectivity index (χ0) is 15.6. The van der Waals surface area contributed by atoms with Crippen LogP contribution in [0.2, 0.25) is 0 Å². The highest BCUT2D eigenvalue weighted by Crippen LogP contribution is 2.33. The predicted molar refractivity (Wildman–Crippen MR) is 85.4 cm³/mol. The van der Waals surface area contributed by atoms with Crippen LogP contribution in [0.1, 0.15) is 6.92 Å². The molecule has 116 valence electrons. The van der Waals surface area contributed by atoms with Crippen LogP contribution in [-0.2, 0) is 9.84 Å². The van der Waals surface area contributed by atoms with Crippen LogP contribution in [0.25, 0.3) is 0 Å². The largest absolute Gasteiger partial charge is 0.397 e. The van der Waals surface area contributed by atoms with Gasteiger partial charge in [-0.05, 0) is 6.07 Å². The molecule has 7 nitrogen and oxygen atoms in total. The molecule has 1 aliphatic heterocycles. The third-order valence-electron chi connectivity index (χ3n) is 3.43. The van der Waals surface area contributed by atoms with E-state index in [0.29, 0.717) is 18.0 Å². The molecular formula is C12H17N3O4S2. The zero-order valence-corrected chi connectivity index (χ0v) is 13.2. The van der Waals surface area contributed by atoms with E-state index in [-0.39, 0.29) is 17.1 Å². The number of nitrogens with two attached hydrogens (primary N) is 1. The Morgan fingerprint density at radius 1 is 1.52 bits per heavy atom. The Balaban J connectivity index is 2.40. The van der Waals surface area contributed by atoms with Crippen molar-refractivity contribution in [2.75, 3.05) is 34.4 Å². The number of hydrogen-bond acceptors (Lipinski definition) is 7. The third kappa shape index (κ3) is 3.24. The van der Waals surface area contributed by atoms with Gasteiger partial charge in [-0.25, -0.2) is 8.42 Å². The van der Waals surface area contributed by atoms with Crippen molar-refractivity contribution in [2.24, 2.45) is 0 Å². The summed E-state index contributed by atoms with van der Waals surface area (Å²) >= 11 is 1.59. The first-order valence-electron chi connectivity index (χ1n) is 6.46. The molecule has 0 aliphatic carbocycles. The van der Waals surface area contributed by atoms with E-state index in [0.717, 1.165) is 5.75 Å².